The van der Waals surface area contributed by atoms with Crippen LogP contribution in [0.3, 0.4) is 0 Å². The highest BCUT2D eigenvalue weighted by Crippen LogP contribution is 2.37. The van der Waals surface area contributed by atoms with Crippen molar-refractivity contribution in [1.29, 1.82) is 0 Å². The summed E-state index contributed by atoms with van der Waals surface area (Å²) in [5, 5.41) is 8.61. The highest BCUT2D eigenvalue weighted by Gasteiger charge is 2.16. The first kappa shape index (κ1) is 15.5. The Bertz CT molecular complexity index is 653. The number of nitrogens with one attached hydrogen (secondary N) is 2. The van der Waals surface area contributed by atoms with Crippen LogP contribution in [0.25, 0.3) is 0 Å². The number of alkyl halides is 2. The number of aryl methyl sites for hydroxylation is 1. The lowest BCUT2D eigenvalue weighted by atomic mass is 10.2. The zero-order valence-electron chi connectivity index (χ0n) is 10.6. The summed E-state index contributed by atoms with van der Waals surface area (Å²) in [6.45, 7) is -1.37. The van der Waals surface area contributed by atoms with Crippen LogP contribution in [0, 0.1) is 6.92 Å². The van der Waals surface area contributed by atoms with Gasteiger partial charge in [-0.15, -0.1) is 0 Å². The second kappa shape index (κ2) is 6.28. The molecule has 0 aliphatic heterocycles. The van der Waals surface area contributed by atoms with E-state index in [1.54, 1.807) is 6.92 Å². The van der Waals surface area contributed by atoms with Gasteiger partial charge in [0.1, 0.15) is 0 Å². The van der Waals surface area contributed by atoms with Crippen LogP contribution in [0.15, 0.2) is 18.3 Å². The molecule has 21 heavy (non-hydrogen) atoms. The fourth-order valence-corrected chi connectivity index (χ4v) is 2.19. The van der Waals surface area contributed by atoms with Gasteiger partial charge in [0.25, 0.3) is 5.91 Å². The van der Waals surface area contributed by atoms with Crippen LogP contribution in [0.1, 0.15) is 16.1 Å². The Hall–Kier alpha value is -1.86. The molecule has 0 aliphatic carbocycles. The van der Waals surface area contributed by atoms with Gasteiger partial charge in [0.2, 0.25) is 0 Å². The van der Waals surface area contributed by atoms with E-state index >= 15 is 0 Å². The molecule has 0 bridgehead atoms. The smallest absolute Gasteiger partial charge is 0.387 e. The molecule has 0 radical (unpaired) electrons. The number of benzene rings is 1. The molecule has 2 N–H and O–H groups in total. The van der Waals surface area contributed by atoms with Gasteiger partial charge in [0.15, 0.2) is 5.75 Å². The SMILES string of the molecule is Cc1[nH]ncc1C(=O)Nc1cc(Cl)c(OC(F)F)c(Cl)c1. The Labute approximate surface area is 128 Å². The normalized spacial score (nSPS) is 10.8. The standard InChI is InChI=1S/C12H9Cl2F2N3O2/c1-5-7(4-17-19-5)11(20)18-6-2-8(13)10(9(14)3-6)21-12(15)16/h2-4,12H,1H3,(H,17,19)(H,18,20). The minimum atomic E-state index is -3.05. The summed E-state index contributed by atoms with van der Waals surface area (Å²) in [6, 6.07) is 2.52. The van der Waals surface area contributed by atoms with E-state index in [1.165, 1.54) is 18.3 Å². The maximum Gasteiger partial charge on any atom is 0.387 e. The molecule has 1 aromatic heterocycles. The fourth-order valence-electron chi connectivity index (χ4n) is 1.61. The summed E-state index contributed by atoms with van der Waals surface area (Å²) in [4.78, 5) is 12.0. The van der Waals surface area contributed by atoms with Gasteiger partial charge in [0.05, 0.1) is 21.8 Å². The highest BCUT2D eigenvalue weighted by molar-refractivity contribution is 6.37. The van der Waals surface area contributed by atoms with Crippen LogP contribution in [0.4, 0.5) is 14.5 Å². The fraction of sp³-hybridized carbons (Fsp3) is 0.167. The number of hydrogen-bond donors (Lipinski definition) is 2. The van der Waals surface area contributed by atoms with Gasteiger partial charge in [-0.2, -0.15) is 13.9 Å². The number of aromatic nitrogens is 2. The monoisotopic (exact) mass is 335 g/mol. The van der Waals surface area contributed by atoms with E-state index < -0.39 is 12.5 Å². The lowest BCUT2D eigenvalue weighted by Gasteiger charge is -2.11. The van der Waals surface area contributed by atoms with Gasteiger partial charge >= 0.3 is 6.61 Å². The number of halogens is 4. The molecule has 1 heterocycles. The molecule has 0 unspecified atom stereocenters. The zero-order chi connectivity index (χ0) is 15.6. The van der Waals surface area contributed by atoms with Crippen LogP contribution >= 0.6 is 23.2 Å². The number of anilines is 1. The summed E-state index contributed by atoms with van der Waals surface area (Å²) in [7, 11) is 0. The van der Waals surface area contributed by atoms with Gasteiger partial charge in [-0.05, 0) is 19.1 Å². The number of amides is 1. The number of rotatable bonds is 4. The number of hydrogen-bond acceptors (Lipinski definition) is 3. The van der Waals surface area contributed by atoms with Crippen molar-refractivity contribution in [3.8, 4) is 5.75 Å². The second-order valence-corrected chi connectivity index (χ2v) is 4.82. The maximum atomic E-state index is 12.2. The summed E-state index contributed by atoms with van der Waals surface area (Å²) in [5.41, 5.74) is 1.18. The van der Waals surface area contributed by atoms with Gasteiger partial charge < -0.3 is 10.1 Å². The summed E-state index contributed by atoms with van der Waals surface area (Å²) >= 11 is 11.6. The third-order valence-electron chi connectivity index (χ3n) is 2.54. The Morgan fingerprint density at radius 3 is 2.48 bits per heavy atom. The third-order valence-corrected chi connectivity index (χ3v) is 3.10. The van der Waals surface area contributed by atoms with Crippen molar-refractivity contribution in [2.45, 2.75) is 13.5 Å². The minimum Gasteiger partial charge on any atom is -0.432 e. The number of H-pyrrole nitrogens is 1. The largest absolute Gasteiger partial charge is 0.432 e. The zero-order valence-corrected chi connectivity index (χ0v) is 12.1. The number of carbonyl (C=O) groups excluding carboxylic acids is 1. The van der Waals surface area contributed by atoms with Crippen LogP contribution in [-0.4, -0.2) is 22.7 Å². The molecule has 0 fully saturated rings. The van der Waals surface area contributed by atoms with Crippen molar-refractivity contribution in [1.82, 2.24) is 10.2 Å². The number of nitrogens with zero attached hydrogens (tertiary/aromatic N) is 1. The first-order chi connectivity index (χ1) is 9.88. The van der Waals surface area contributed by atoms with E-state index in [0.717, 1.165) is 0 Å². The van der Waals surface area contributed by atoms with Gasteiger partial charge in [-0.3, -0.25) is 9.89 Å². The predicted molar refractivity (Wildman–Crippen MR) is 74.4 cm³/mol. The molecule has 0 saturated heterocycles. The maximum absolute atomic E-state index is 12.2. The average Bonchev–Trinajstić information content (AvgIpc) is 2.80. The molecule has 0 atom stereocenters. The molecule has 112 valence electrons. The topological polar surface area (TPSA) is 67.0 Å². The molecule has 1 amide bonds. The van der Waals surface area contributed by atoms with E-state index in [1.807, 2.05) is 0 Å². The molecule has 0 saturated carbocycles. The van der Waals surface area contributed by atoms with Crippen molar-refractivity contribution in [3.63, 3.8) is 0 Å². The highest BCUT2D eigenvalue weighted by atomic mass is 35.5. The number of aromatic amines is 1. The summed E-state index contributed by atoms with van der Waals surface area (Å²) < 4.78 is 28.6. The van der Waals surface area contributed by atoms with Gasteiger partial charge in [-0.1, -0.05) is 23.2 Å². The molecular weight excluding hydrogens is 327 g/mol. The molecule has 9 heteroatoms. The van der Waals surface area contributed by atoms with Crippen molar-refractivity contribution >= 4 is 34.8 Å². The van der Waals surface area contributed by atoms with Crippen molar-refractivity contribution in [2.24, 2.45) is 0 Å². The first-order valence-corrected chi connectivity index (χ1v) is 6.39. The van der Waals surface area contributed by atoms with Crippen molar-refractivity contribution in [3.05, 3.63) is 39.6 Å². The van der Waals surface area contributed by atoms with Gasteiger partial charge in [-0.25, -0.2) is 0 Å². The summed E-state index contributed by atoms with van der Waals surface area (Å²) in [5.74, 6) is -0.776. The van der Waals surface area contributed by atoms with Crippen LogP contribution in [-0.2, 0) is 0 Å². The third kappa shape index (κ3) is 3.62. The number of ether oxygens (including phenoxy) is 1. The average molecular weight is 336 g/mol. The molecule has 0 spiro atoms. The van der Waals surface area contributed by atoms with Gasteiger partial charge in [0, 0.05) is 11.4 Å². The van der Waals surface area contributed by atoms with Crippen LogP contribution in [0.5, 0.6) is 5.75 Å². The van der Waals surface area contributed by atoms with E-state index in [-0.39, 0.29) is 21.5 Å². The lowest BCUT2D eigenvalue weighted by Crippen LogP contribution is -2.12. The van der Waals surface area contributed by atoms with Crippen molar-refractivity contribution < 1.29 is 18.3 Å². The Balaban J connectivity index is 2.22. The molecule has 2 rings (SSSR count). The molecule has 0 aliphatic rings. The molecular formula is C12H9Cl2F2N3O2. The molecule has 1 aromatic carbocycles. The second-order valence-electron chi connectivity index (χ2n) is 4.01. The number of carbonyl (C=O) groups is 1. The van der Waals surface area contributed by atoms with E-state index in [2.05, 4.69) is 20.3 Å². The van der Waals surface area contributed by atoms with E-state index in [9.17, 15) is 13.6 Å². The lowest BCUT2D eigenvalue weighted by molar-refractivity contribution is -0.0497. The van der Waals surface area contributed by atoms with Crippen molar-refractivity contribution in [2.75, 3.05) is 5.32 Å². The Kier molecular flexibility index (Phi) is 4.64. The molecule has 2 aromatic rings. The Morgan fingerprint density at radius 2 is 2.00 bits per heavy atom. The first-order valence-electron chi connectivity index (χ1n) is 5.63. The van der Waals surface area contributed by atoms with Crippen LogP contribution in [0.2, 0.25) is 10.0 Å². The molecule has 5 nitrogen and oxygen atoms in total. The minimum absolute atomic E-state index is 0.137. The quantitative estimate of drug-likeness (QED) is 0.890. The summed E-state index contributed by atoms with van der Waals surface area (Å²) in [6.07, 6.45) is 1.36. The predicted octanol–water partition coefficient (Wildman–Crippen LogP) is 3.88. The Morgan fingerprint density at radius 1 is 1.38 bits per heavy atom. The van der Waals surface area contributed by atoms with Crippen LogP contribution < -0.4 is 10.1 Å². The van der Waals surface area contributed by atoms with E-state index in [4.69, 9.17) is 23.2 Å². The van der Waals surface area contributed by atoms with E-state index in [0.29, 0.717) is 11.3 Å².